The van der Waals surface area contributed by atoms with Crippen molar-refractivity contribution in [1.82, 2.24) is 0 Å². The maximum Gasteiger partial charge on any atom is 0.129 e. The fourth-order valence-electron chi connectivity index (χ4n) is 0.816. The Balaban J connectivity index is 3.02. The van der Waals surface area contributed by atoms with Crippen molar-refractivity contribution in [3.8, 4) is 0 Å². The van der Waals surface area contributed by atoms with Crippen LogP contribution in [-0.2, 0) is 10.2 Å². The normalized spacial score (nSPS) is 10.4. The summed E-state index contributed by atoms with van der Waals surface area (Å²) in [4.78, 5) is 10.6. The van der Waals surface area contributed by atoms with E-state index in [4.69, 9.17) is 0 Å². The minimum atomic E-state index is -0.397. The van der Waals surface area contributed by atoms with E-state index in [0.29, 0.717) is 0 Å². The highest BCUT2D eigenvalue weighted by Gasteiger charge is 2.18. The Bertz CT molecular complexity index is 236. The Morgan fingerprint density at radius 2 is 2.18 bits per heavy atom. The van der Waals surface area contributed by atoms with Gasteiger partial charge >= 0.3 is 0 Å². The molecule has 0 spiro atoms. The first-order chi connectivity index (χ1) is 5.17. The summed E-state index contributed by atoms with van der Waals surface area (Å²) >= 11 is 0. The molecule has 0 aliphatic rings. The Morgan fingerprint density at radius 3 is 2.64 bits per heavy atom. The van der Waals surface area contributed by atoms with E-state index in [1.807, 2.05) is 19.9 Å². The molecule has 0 unspecified atom stereocenters. The quantitative estimate of drug-likeness (QED) is 0.581. The summed E-state index contributed by atoms with van der Waals surface area (Å²) in [6, 6.07) is 11.0. The Hall–Kier alpha value is -1.29. The van der Waals surface area contributed by atoms with Crippen molar-refractivity contribution in [2.24, 2.45) is 0 Å². The van der Waals surface area contributed by atoms with Gasteiger partial charge in [-0.25, -0.2) is 0 Å². The highest BCUT2D eigenvalue weighted by atomic mass is 16.1. The van der Waals surface area contributed by atoms with Crippen molar-refractivity contribution < 1.29 is 4.79 Å². The summed E-state index contributed by atoms with van der Waals surface area (Å²) in [6.07, 6.45) is 0.941. The molecule has 1 nitrogen and oxygen atoms in total. The number of carbonyl (C=O) groups excluding carboxylic acids is 1. The third kappa shape index (κ3) is 1.59. The van der Waals surface area contributed by atoms with Gasteiger partial charge in [-0.1, -0.05) is 12.1 Å². The summed E-state index contributed by atoms with van der Waals surface area (Å²) in [5.41, 5.74) is 0.581. The van der Waals surface area contributed by atoms with Crippen LogP contribution in [0.4, 0.5) is 0 Å². The maximum absolute atomic E-state index is 10.6. The molecular weight excluding hydrogens is 136 g/mol. The van der Waals surface area contributed by atoms with Crippen LogP contribution in [0.1, 0.15) is 19.4 Å². The van der Waals surface area contributed by atoms with Gasteiger partial charge in [-0.2, -0.15) is 0 Å². The fraction of sp³-hybridized carbons (Fsp3) is 0.300. The summed E-state index contributed by atoms with van der Waals surface area (Å²) in [5.74, 6) is 0. The standard InChI is InChI=1S/C10H10O/c1-10(2,8-11)9-6-4-3-5-7-9/h4,6-8H,1-2H3. The Morgan fingerprint density at radius 1 is 1.45 bits per heavy atom. The smallest absolute Gasteiger partial charge is 0.129 e. The molecule has 0 N–H and O–H groups in total. The number of hydrogen-bond donors (Lipinski definition) is 0. The molecule has 1 aromatic rings. The second kappa shape index (κ2) is 2.75. The van der Waals surface area contributed by atoms with Gasteiger partial charge in [-0.3, -0.25) is 0 Å². The van der Waals surface area contributed by atoms with E-state index in [-0.39, 0.29) is 0 Å². The molecule has 0 aromatic heterocycles. The minimum Gasteiger partial charge on any atom is -0.302 e. The van der Waals surface area contributed by atoms with Crippen molar-refractivity contribution in [3.05, 3.63) is 35.9 Å². The predicted molar refractivity (Wildman–Crippen MR) is 43.2 cm³/mol. The van der Waals surface area contributed by atoms with Crippen molar-refractivity contribution in [1.29, 1.82) is 0 Å². The summed E-state index contributed by atoms with van der Waals surface area (Å²) < 4.78 is 0. The van der Waals surface area contributed by atoms with Crippen molar-refractivity contribution in [2.45, 2.75) is 19.3 Å². The first kappa shape index (κ1) is 7.81. The maximum atomic E-state index is 10.6. The molecule has 0 heterocycles. The van der Waals surface area contributed by atoms with Gasteiger partial charge in [0.2, 0.25) is 0 Å². The van der Waals surface area contributed by atoms with Crippen LogP contribution >= 0.6 is 0 Å². The molecular formula is C10H10O. The molecule has 56 valence electrons. The van der Waals surface area contributed by atoms with Crippen LogP contribution in [0.25, 0.3) is 0 Å². The average molecular weight is 146 g/mol. The van der Waals surface area contributed by atoms with Gasteiger partial charge in [-0.15, -0.1) is 0 Å². The monoisotopic (exact) mass is 146 g/mol. The van der Waals surface area contributed by atoms with Gasteiger partial charge in [0.1, 0.15) is 6.29 Å². The third-order valence-corrected chi connectivity index (χ3v) is 1.70. The summed E-state index contributed by atoms with van der Waals surface area (Å²) in [6.45, 7) is 3.76. The zero-order valence-corrected chi connectivity index (χ0v) is 6.72. The molecule has 1 heteroatoms. The minimum absolute atomic E-state index is 0.397. The third-order valence-electron chi connectivity index (χ3n) is 1.70. The van der Waals surface area contributed by atoms with Crippen LogP contribution < -0.4 is 0 Å². The molecule has 0 saturated carbocycles. The van der Waals surface area contributed by atoms with E-state index in [9.17, 15) is 4.79 Å². The highest BCUT2D eigenvalue weighted by molar-refractivity contribution is 5.66. The van der Waals surface area contributed by atoms with Gasteiger partial charge in [0, 0.05) is 5.41 Å². The number of carbonyl (C=O) groups is 1. The molecule has 0 saturated heterocycles. The lowest BCUT2D eigenvalue weighted by Crippen LogP contribution is -2.17. The molecule has 1 aromatic carbocycles. The number of aldehydes is 1. The average Bonchev–Trinajstić information content (AvgIpc) is 2.06. The molecule has 0 bridgehead atoms. The van der Waals surface area contributed by atoms with E-state index in [1.165, 1.54) is 0 Å². The van der Waals surface area contributed by atoms with Crippen LogP contribution in [0.15, 0.2) is 18.2 Å². The molecule has 0 atom stereocenters. The van der Waals surface area contributed by atoms with E-state index >= 15 is 0 Å². The van der Waals surface area contributed by atoms with E-state index in [2.05, 4.69) is 12.1 Å². The van der Waals surface area contributed by atoms with Gasteiger partial charge in [0.05, 0.1) is 0 Å². The van der Waals surface area contributed by atoms with Gasteiger partial charge in [-0.05, 0) is 37.6 Å². The highest BCUT2D eigenvalue weighted by Crippen LogP contribution is 2.18. The molecule has 0 radical (unpaired) electrons. The van der Waals surface area contributed by atoms with E-state index < -0.39 is 5.41 Å². The van der Waals surface area contributed by atoms with Crippen LogP contribution in [0.5, 0.6) is 0 Å². The Labute approximate surface area is 67.1 Å². The second-order valence-electron chi connectivity index (χ2n) is 3.06. The zero-order chi connectivity index (χ0) is 8.32. The van der Waals surface area contributed by atoms with Gasteiger partial charge < -0.3 is 4.79 Å². The molecule has 0 aliphatic carbocycles. The van der Waals surface area contributed by atoms with E-state index in [1.54, 1.807) is 12.1 Å². The van der Waals surface area contributed by atoms with Gasteiger partial charge in [0.15, 0.2) is 0 Å². The molecule has 11 heavy (non-hydrogen) atoms. The van der Waals surface area contributed by atoms with Crippen LogP contribution in [0.3, 0.4) is 0 Å². The fourth-order valence-corrected chi connectivity index (χ4v) is 0.816. The lowest BCUT2D eigenvalue weighted by Gasteiger charge is -2.15. The van der Waals surface area contributed by atoms with Crippen LogP contribution in [0.2, 0.25) is 0 Å². The van der Waals surface area contributed by atoms with Crippen molar-refractivity contribution in [3.63, 3.8) is 0 Å². The number of hydrogen-bond acceptors (Lipinski definition) is 1. The van der Waals surface area contributed by atoms with Crippen LogP contribution in [-0.4, -0.2) is 6.29 Å². The molecule has 0 fully saturated rings. The largest absolute Gasteiger partial charge is 0.302 e. The molecule has 0 aliphatic heterocycles. The first-order valence-electron chi connectivity index (χ1n) is 3.51. The van der Waals surface area contributed by atoms with E-state index in [0.717, 1.165) is 11.8 Å². The van der Waals surface area contributed by atoms with Crippen molar-refractivity contribution in [2.75, 3.05) is 0 Å². The molecule has 1 rings (SSSR count). The lowest BCUT2D eigenvalue weighted by molar-refractivity contribution is -0.111. The SMILES string of the molecule is CC(C)(C=O)c1cc#ccc1. The summed E-state index contributed by atoms with van der Waals surface area (Å²) in [5, 5.41) is 0. The van der Waals surface area contributed by atoms with Crippen molar-refractivity contribution >= 4 is 6.29 Å². The summed E-state index contributed by atoms with van der Waals surface area (Å²) in [7, 11) is 0. The Kier molecular flexibility index (Phi) is 1.96. The topological polar surface area (TPSA) is 17.1 Å². The second-order valence-corrected chi connectivity index (χ2v) is 3.06. The van der Waals surface area contributed by atoms with Crippen LogP contribution in [0, 0.1) is 12.1 Å². The zero-order valence-electron chi connectivity index (χ0n) is 6.72. The molecule has 0 amide bonds. The first-order valence-corrected chi connectivity index (χ1v) is 3.51. The lowest BCUT2D eigenvalue weighted by atomic mass is 9.87. The van der Waals surface area contributed by atoms with Gasteiger partial charge in [0.25, 0.3) is 0 Å². The predicted octanol–water partition coefficient (Wildman–Crippen LogP) is 1.76. The number of rotatable bonds is 2.